The third kappa shape index (κ3) is 8.07. The van der Waals surface area contributed by atoms with Crippen molar-refractivity contribution in [3.05, 3.63) is 29.5 Å². The first-order valence-electron chi connectivity index (χ1n) is 11.5. The third-order valence-electron chi connectivity index (χ3n) is 5.55. The number of aryl methyl sites for hydroxylation is 3. The van der Waals surface area contributed by atoms with Crippen molar-refractivity contribution in [2.45, 2.75) is 90.5 Å². The van der Waals surface area contributed by atoms with Crippen LogP contribution in [0.15, 0.2) is 18.2 Å². The molecule has 29 heavy (non-hydrogen) atoms. The van der Waals surface area contributed by atoms with Crippen LogP contribution < -0.4 is 5.73 Å². The van der Waals surface area contributed by atoms with Gasteiger partial charge >= 0.3 is 0 Å². The average Bonchev–Trinajstić information content (AvgIpc) is 3.07. The molecule has 0 atom stereocenters. The Balaban J connectivity index is 0.00000204. The molecule has 2 rings (SSSR count). The van der Waals surface area contributed by atoms with Gasteiger partial charge in [0.25, 0.3) is 0 Å². The number of nitrogens with two attached hydrogens (primary N) is 1. The lowest BCUT2D eigenvalue weighted by Gasteiger charge is -2.24. The first-order chi connectivity index (χ1) is 14.0. The Hall–Kier alpha value is -1.43. The summed E-state index contributed by atoms with van der Waals surface area (Å²) in [5, 5.41) is 24.7. The maximum Gasteiger partial charge on any atom is 0.0703 e. The highest BCUT2D eigenvalue weighted by Gasteiger charge is 2.22. The van der Waals surface area contributed by atoms with E-state index in [1.165, 1.54) is 61.6 Å². The van der Waals surface area contributed by atoms with Gasteiger partial charge in [-0.15, -0.1) is 0 Å². The molecule has 0 radical (unpaired) electrons. The van der Waals surface area contributed by atoms with Crippen LogP contribution >= 0.6 is 0 Å². The highest BCUT2D eigenvalue weighted by Crippen LogP contribution is 2.23. The predicted octanol–water partition coefficient (Wildman–Crippen LogP) is 4.51. The smallest absolute Gasteiger partial charge is 0.0703 e. The Morgan fingerprint density at radius 1 is 0.966 bits per heavy atom. The van der Waals surface area contributed by atoms with Crippen LogP contribution in [0.25, 0.3) is 10.9 Å². The number of aliphatic hydroxyl groups is 2. The fraction of sp³-hybridized carbons (Fsp3) is 0.708. The Morgan fingerprint density at radius 2 is 1.59 bits per heavy atom. The second-order valence-electron chi connectivity index (χ2n) is 7.97. The Morgan fingerprint density at radius 3 is 2.21 bits per heavy atom. The van der Waals surface area contributed by atoms with Gasteiger partial charge in [-0.2, -0.15) is 5.10 Å². The molecular weight excluding hydrogens is 362 g/mol. The number of nitrogens with zero attached hydrogens (tertiary/aromatic N) is 2. The summed E-state index contributed by atoms with van der Waals surface area (Å²) in [5.41, 5.74) is 8.59. The van der Waals surface area contributed by atoms with Crippen LogP contribution in [-0.4, -0.2) is 38.7 Å². The molecule has 2 aromatic rings. The Kier molecular flexibility index (Phi) is 12.1. The zero-order valence-corrected chi connectivity index (χ0v) is 19.1. The van der Waals surface area contributed by atoms with Crippen molar-refractivity contribution in [3.63, 3.8) is 0 Å². The van der Waals surface area contributed by atoms with Crippen molar-refractivity contribution in [3.8, 4) is 0 Å². The van der Waals surface area contributed by atoms with Gasteiger partial charge in [-0.05, 0) is 43.4 Å². The van der Waals surface area contributed by atoms with Gasteiger partial charge in [0.2, 0.25) is 0 Å². The predicted molar refractivity (Wildman–Crippen MR) is 123 cm³/mol. The summed E-state index contributed by atoms with van der Waals surface area (Å²) in [6, 6.07) is 6.41. The lowest BCUT2D eigenvalue weighted by atomic mass is 9.93. The molecule has 0 spiro atoms. The minimum Gasteiger partial charge on any atom is -0.394 e. The molecule has 0 aliphatic rings. The van der Waals surface area contributed by atoms with Gasteiger partial charge in [0.05, 0.1) is 30.0 Å². The molecule has 0 amide bonds. The van der Waals surface area contributed by atoms with Crippen molar-refractivity contribution < 1.29 is 10.2 Å². The van der Waals surface area contributed by atoms with E-state index in [1.807, 2.05) is 25.6 Å². The van der Waals surface area contributed by atoms with E-state index in [2.05, 4.69) is 25.1 Å². The second-order valence-corrected chi connectivity index (χ2v) is 7.97. The highest BCUT2D eigenvalue weighted by molar-refractivity contribution is 5.82. The number of rotatable bonds is 13. The number of unbranched alkanes of at least 4 members (excludes halogenated alkanes) is 6. The largest absolute Gasteiger partial charge is 0.394 e. The first kappa shape index (κ1) is 25.6. The lowest BCUT2D eigenvalue weighted by molar-refractivity contribution is 0.115. The molecule has 0 saturated carbocycles. The third-order valence-corrected chi connectivity index (χ3v) is 5.55. The van der Waals surface area contributed by atoms with Gasteiger partial charge in [-0.25, -0.2) is 0 Å². The summed E-state index contributed by atoms with van der Waals surface area (Å²) in [6.07, 6.45) is 11.4. The van der Waals surface area contributed by atoms with E-state index in [-0.39, 0.29) is 13.2 Å². The number of benzene rings is 1. The molecule has 4 N–H and O–H groups in total. The molecule has 0 saturated heterocycles. The van der Waals surface area contributed by atoms with Gasteiger partial charge in [0, 0.05) is 12.4 Å². The molecule has 0 fully saturated rings. The van der Waals surface area contributed by atoms with Crippen LogP contribution in [0.1, 0.15) is 83.4 Å². The molecule has 1 aromatic carbocycles. The number of hydrogen-bond acceptors (Lipinski definition) is 4. The van der Waals surface area contributed by atoms with Gasteiger partial charge < -0.3 is 15.9 Å². The van der Waals surface area contributed by atoms with Gasteiger partial charge in [-0.1, -0.05) is 65.4 Å². The molecule has 0 aliphatic heterocycles. The molecule has 1 aromatic heterocycles. The number of aliphatic hydroxyl groups excluding tert-OH is 2. The summed E-state index contributed by atoms with van der Waals surface area (Å²) in [5.74, 6) is 0. The highest BCUT2D eigenvalue weighted by atomic mass is 16.3. The Bertz CT molecular complexity index is 693. The quantitative estimate of drug-likeness (QED) is 0.428. The summed E-state index contributed by atoms with van der Waals surface area (Å²) in [4.78, 5) is 0. The molecule has 0 bridgehead atoms. The molecule has 5 nitrogen and oxygen atoms in total. The van der Waals surface area contributed by atoms with Crippen LogP contribution in [0.5, 0.6) is 0 Å². The van der Waals surface area contributed by atoms with E-state index in [4.69, 9.17) is 10.8 Å². The summed E-state index contributed by atoms with van der Waals surface area (Å²) < 4.78 is 1.96. The zero-order valence-electron chi connectivity index (χ0n) is 19.1. The molecular formula is C24H43N3O2. The van der Waals surface area contributed by atoms with Crippen molar-refractivity contribution >= 4 is 10.9 Å². The van der Waals surface area contributed by atoms with Gasteiger partial charge in [-0.3, -0.25) is 4.68 Å². The fourth-order valence-corrected chi connectivity index (χ4v) is 3.58. The summed E-state index contributed by atoms with van der Waals surface area (Å²) in [6.45, 7) is 5.84. The maximum absolute atomic E-state index is 9.37. The SMILES string of the molecule is CC.CCCCCCCCCc1nn(C)c2ccc(CCC(N)(CO)CO)cc12. The zero-order chi connectivity index (χ0) is 21.7. The normalized spacial score (nSPS) is 11.6. The number of hydrogen-bond donors (Lipinski definition) is 3. The lowest BCUT2D eigenvalue weighted by Crippen LogP contribution is -2.47. The summed E-state index contributed by atoms with van der Waals surface area (Å²) >= 11 is 0. The van der Waals surface area contributed by atoms with Crippen LogP contribution in [0.3, 0.4) is 0 Å². The van der Waals surface area contributed by atoms with Crippen molar-refractivity contribution in [1.82, 2.24) is 9.78 Å². The van der Waals surface area contributed by atoms with E-state index in [1.54, 1.807) is 0 Å². The van der Waals surface area contributed by atoms with Crippen molar-refractivity contribution in [2.75, 3.05) is 13.2 Å². The standard InChI is InChI=1S/C22H37N3O2.C2H6/c1-3-4-5-6-7-8-9-10-20-19-15-18(11-12-21(19)25(2)24-20)13-14-22(23,16-26)17-27;1-2/h11-12,15,26-27H,3-10,13-14,16-17,23H2,1-2H3;1-2H3. The van der Waals surface area contributed by atoms with Crippen molar-refractivity contribution in [1.29, 1.82) is 0 Å². The molecule has 1 heterocycles. The summed E-state index contributed by atoms with van der Waals surface area (Å²) in [7, 11) is 2.00. The van der Waals surface area contributed by atoms with E-state index in [0.29, 0.717) is 6.42 Å². The molecule has 0 aliphatic carbocycles. The molecule has 5 heteroatoms. The van der Waals surface area contributed by atoms with Crippen molar-refractivity contribution in [2.24, 2.45) is 12.8 Å². The van der Waals surface area contributed by atoms with Crippen LogP contribution in [0.4, 0.5) is 0 Å². The minimum absolute atomic E-state index is 0.206. The number of aromatic nitrogens is 2. The van der Waals surface area contributed by atoms with E-state index in [0.717, 1.165) is 18.4 Å². The second kappa shape index (κ2) is 13.7. The fourth-order valence-electron chi connectivity index (χ4n) is 3.58. The first-order valence-corrected chi connectivity index (χ1v) is 11.5. The molecule has 0 unspecified atom stereocenters. The molecule has 166 valence electrons. The van der Waals surface area contributed by atoms with Crippen LogP contribution in [0.2, 0.25) is 0 Å². The minimum atomic E-state index is -0.912. The van der Waals surface area contributed by atoms with Crippen LogP contribution in [-0.2, 0) is 19.9 Å². The monoisotopic (exact) mass is 405 g/mol. The average molecular weight is 406 g/mol. The van der Waals surface area contributed by atoms with E-state index >= 15 is 0 Å². The van der Waals surface area contributed by atoms with Gasteiger partial charge in [0.15, 0.2) is 0 Å². The van der Waals surface area contributed by atoms with Crippen LogP contribution in [0, 0.1) is 0 Å². The maximum atomic E-state index is 9.37. The number of fused-ring (bicyclic) bond motifs is 1. The van der Waals surface area contributed by atoms with E-state index in [9.17, 15) is 10.2 Å². The Labute approximate surface area is 177 Å². The van der Waals surface area contributed by atoms with E-state index < -0.39 is 5.54 Å². The topological polar surface area (TPSA) is 84.3 Å². The van der Waals surface area contributed by atoms with Gasteiger partial charge in [0.1, 0.15) is 0 Å².